The Bertz CT molecular complexity index is 389. The van der Waals surface area contributed by atoms with Crippen molar-refractivity contribution in [3.8, 4) is 0 Å². The Kier molecular flexibility index (Phi) is 4.10. The molecule has 1 rings (SSSR count). The summed E-state index contributed by atoms with van der Waals surface area (Å²) in [5, 5.41) is 3.98. The topological polar surface area (TPSA) is 57.4 Å². The highest BCUT2D eigenvalue weighted by molar-refractivity contribution is 6.76. The van der Waals surface area contributed by atoms with Gasteiger partial charge in [0.1, 0.15) is 12.5 Å². The molecule has 0 atom stereocenters. The standard InChI is InChI=1S/C10H18N4OSi/c1-12-9-7-13-14(10(9)11)8-15-5-6-16(2,3)4/h7H,5-6,8,11H2,2-4H3. The van der Waals surface area contributed by atoms with E-state index in [0.29, 0.717) is 18.2 Å². The van der Waals surface area contributed by atoms with Crippen LogP contribution in [0.3, 0.4) is 0 Å². The van der Waals surface area contributed by atoms with E-state index < -0.39 is 8.07 Å². The predicted octanol–water partition coefficient (Wildman–Crippen LogP) is 2.33. The minimum atomic E-state index is -1.05. The van der Waals surface area contributed by atoms with Gasteiger partial charge in [0.25, 0.3) is 0 Å². The Morgan fingerprint density at radius 3 is 2.75 bits per heavy atom. The third kappa shape index (κ3) is 3.68. The molecule has 0 amide bonds. The maximum atomic E-state index is 6.85. The van der Waals surface area contributed by atoms with E-state index in [9.17, 15) is 0 Å². The molecule has 0 saturated heterocycles. The van der Waals surface area contributed by atoms with Crippen molar-refractivity contribution < 1.29 is 4.74 Å². The lowest BCUT2D eigenvalue weighted by atomic mass is 10.5. The molecule has 0 unspecified atom stereocenters. The number of hydrogen-bond acceptors (Lipinski definition) is 3. The van der Waals surface area contributed by atoms with Gasteiger partial charge in [0.15, 0.2) is 0 Å². The Morgan fingerprint density at radius 2 is 2.25 bits per heavy atom. The minimum absolute atomic E-state index is 0.325. The quantitative estimate of drug-likeness (QED) is 0.486. The van der Waals surface area contributed by atoms with E-state index in [2.05, 4.69) is 29.6 Å². The van der Waals surface area contributed by atoms with Gasteiger partial charge in [0, 0.05) is 14.7 Å². The van der Waals surface area contributed by atoms with Gasteiger partial charge in [-0.05, 0) is 6.04 Å². The van der Waals surface area contributed by atoms with E-state index in [4.69, 9.17) is 17.0 Å². The van der Waals surface area contributed by atoms with E-state index in [1.54, 1.807) is 0 Å². The summed E-state index contributed by atoms with van der Waals surface area (Å²) in [5.74, 6) is 0.378. The predicted molar refractivity (Wildman–Crippen MR) is 67.0 cm³/mol. The molecule has 0 aliphatic rings. The zero-order chi connectivity index (χ0) is 12.2. The fraction of sp³-hybridized carbons (Fsp3) is 0.600. The molecule has 0 aliphatic carbocycles. The molecule has 5 nitrogen and oxygen atoms in total. The monoisotopic (exact) mass is 238 g/mol. The van der Waals surface area contributed by atoms with Crippen LogP contribution in [-0.2, 0) is 11.5 Å². The second kappa shape index (κ2) is 5.14. The smallest absolute Gasteiger partial charge is 0.247 e. The van der Waals surface area contributed by atoms with Crippen molar-refractivity contribution in [2.45, 2.75) is 32.4 Å². The van der Waals surface area contributed by atoms with Gasteiger partial charge in [-0.25, -0.2) is 9.53 Å². The van der Waals surface area contributed by atoms with E-state index in [1.807, 2.05) is 0 Å². The van der Waals surface area contributed by atoms with Crippen molar-refractivity contribution >= 4 is 19.6 Å². The molecule has 0 aromatic carbocycles. The van der Waals surface area contributed by atoms with Crippen LogP contribution in [0.4, 0.5) is 11.5 Å². The first-order valence-electron chi connectivity index (χ1n) is 5.20. The largest absolute Gasteiger partial charge is 0.393 e. The lowest BCUT2D eigenvalue weighted by molar-refractivity contribution is 0.0802. The highest BCUT2D eigenvalue weighted by Gasteiger charge is 2.12. The number of ether oxygens (including phenoxy) is 1. The maximum absolute atomic E-state index is 6.85. The summed E-state index contributed by atoms with van der Waals surface area (Å²) in [7, 11) is -1.05. The van der Waals surface area contributed by atoms with E-state index in [-0.39, 0.29) is 0 Å². The zero-order valence-electron chi connectivity index (χ0n) is 10.0. The number of rotatable bonds is 5. The van der Waals surface area contributed by atoms with Crippen LogP contribution in [0.2, 0.25) is 25.7 Å². The number of aromatic nitrogens is 2. The summed E-state index contributed by atoms with van der Waals surface area (Å²) in [4.78, 5) is 3.25. The molecule has 1 heterocycles. The number of nitrogen functional groups attached to an aromatic ring is 1. The van der Waals surface area contributed by atoms with Crippen LogP contribution in [0.25, 0.3) is 4.85 Å². The van der Waals surface area contributed by atoms with Crippen LogP contribution in [0.5, 0.6) is 0 Å². The number of anilines is 1. The molecule has 6 heteroatoms. The van der Waals surface area contributed by atoms with Crippen LogP contribution >= 0.6 is 0 Å². The molecular weight excluding hydrogens is 220 g/mol. The van der Waals surface area contributed by atoms with Crippen LogP contribution < -0.4 is 5.73 Å². The lowest BCUT2D eigenvalue weighted by Crippen LogP contribution is -2.22. The Labute approximate surface area is 97.0 Å². The van der Waals surface area contributed by atoms with Gasteiger partial charge in [0.05, 0.1) is 12.8 Å². The molecule has 0 saturated carbocycles. The van der Waals surface area contributed by atoms with Gasteiger partial charge in [-0.15, -0.1) is 0 Å². The third-order valence-corrected chi connectivity index (χ3v) is 3.89. The first-order chi connectivity index (χ1) is 7.44. The molecule has 0 radical (unpaired) electrons. The molecule has 1 aromatic rings. The average molecular weight is 238 g/mol. The van der Waals surface area contributed by atoms with Gasteiger partial charge in [-0.2, -0.15) is 5.10 Å². The fourth-order valence-electron chi connectivity index (χ4n) is 1.10. The molecule has 0 aliphatic heterocycles. The summed E-state index contributed by atoms with van der Waals surface area (Å²) in [6, 6.07) is 1.11. The van der Waals surface area contributed by atoms with Crippen molar-refractivity contribution in [2.24, 2.45) is 0 Å². The molecule has 0 fully saturated rings. The van der Waals surface area contributed by atoms with Crippen LogP contribution in [0, 0.1) is 6.57 Å². The summed E-state index contributed by atoms with van der Waals surface area (Å²) in [5.41, 5.74) is 6.08. The molecular formula is C10H18N4OSi. The zero-order valence-corrected chi connectivity index (χ0v) is 11.0. The van der Waals surface area contributed by atoms with Crippen LogP contribution in [-0.4, -0.2) is 24.5 Å². The fourth-order valence-corrected chi connectivity index (χ4v) is 1.86. The van der Waals surface area contributed by atoms with E-state index >= 15 is 0 Å². The number of nitrogens with two attached hydrogens (primary N) is 1. The van der Waals surface area contributed by atoms with Crippen molar-refractivity contribution in [3.63, 3.8) is 0 Å². The Balaban J connectivity index is 2.39. The molecule has 1 aromatic heterocycles. The summed E-state index contributed by atoms with van der Waals surface area (Å²) < 4.78 is 7.00. The second-order valence-electron chi connectivity index (χ2n) is 4.87. The van der Waals surface area contributed by atoms with Crippen molar-refractivity contribution in [1.29, 1.82) is 0 Å². The molecule has 0 spiro atoms. The van der Waals surface area contributed by atoms with Crippen molar-refractivity contribution in [3.05, 3.63) is 17.6 Å². The van der Waals surface area contributed by atoms with Crippen molar-refractivity contribution in [2.75, 3.05) is 12.3 Å². The first kappa shape index (κ1) is 12.7. The highest BCUT2D eigenvalue weighted by Crippen LogP contribution is 2.20. The van der Waals surface area contributed by atoms with Gasteiger partial charge < -0.3 is 10.5 Å². The van der Waals surface area contributed by atoms with Crippen molar-refractivity contribution in [1.82, 2.24) is 9.78 Å². The van der Waals surface area contributed by atoms with Gasteiger partial charge in [-0.3, -0.25) is 0 Å². The van der Waals surface area contributed by atoms with Gasteiger partial charge in [0.2, 0.25) is 5.69 Å². The normalized spacial score (nSPS) is 11.4. The first-order valence-corrected chi connectivity index (χ1v) is 8.91. The molecule has 0 bridgehead atoms. The van der Waals surface area contributed by atoms with E-state index in [1.165, 1.54) is 10.9 Å². The van der Waals surface area contributed by atoms with Crippen LogP contribution in [0.15, 0.2) is 6.20 Å². The molecule has 2 N–H and O–H groups in total. The van der Waals surface area contributed by atoms with Gasteiger partial charge >= 0.3 is 0 Å². The SMILES string of the molecule is [C-]#[N+]c1cnn(COCC[Si](C)(C)C)c1N. The average Bonchev–Trinajstić information content (AvgIpc) is 2.53. The Hall–Kier alpha value is -1.32. The molecule has 88 valence electrons. The maximum Gasteiger partial charge on any atom is 0.247 e. The highest BCUT2D eigenvalue weighted by atomic mass is 28.3. The second-order valence-corrected chi connectivity index (χ2v) is 10.5. The molecule has 16 heavy (non-hydrogen) atoms. The lowest BCUT2D eigenvalue weighted by Gasteiger charge is -2.15. The summed E-state index contributed by atoms with van der Waals surface area (Å²) >= 11 is 0. The minimum Gasteiger partial charge on any atom is -0.393 e. The number of hydrogen-bond donors (Lipinski definition) is 1. The van der Waals surface area contributed by atoms with Gasteiger partial charge in [-0.1, -0.05) is 19.6 Å². The summed E-state index contributed by atoms with van der Waals surface area (Å²) in [6.07, 6.45) is 1.46. The van der Waals surface area contributed by atoms with E-state index in [0.717, 1.165) is 12.7 Å². The Morgan fingerprint density at radius 1 is 1.56 bits per heavy atom. The summed E-state index contributed by atoms with van der Waals surface area (Å²) in [6.45, 7) is 14.8. The number of nitrogens with zero attached hydrogens (tertiary/aromatic N) is 3. The van der Waals surface area contributed by atoms with Crippen LogP contribution in [0.1, 0.15) is 0 Å². The third-order valence-electron chi connectivity index (χ3n) is 2.19.